The van der Waals surface area contributed by atoms with Crippen LogP contribution in [0.15, 0.2) is 53.9 Å². The van der Waals surface area contributed by atoms with Gasteiger partial charge in [-0.25, -0.2) is 20.3 Å². The van der Waals surface area contributed by atoms with E-state index in [0.717, 1.165) is 17.9 Å². The number of benzene rings is 1. The molecule has 0 saturated carbocycles. The van der Waals surface area contributed by atoms with Gasteiger partial charge in [0.15, 0.2) is 11.5 Å². The Labute approximate surface area is 188 Å². The molecule has 0 unspecified atom stereocenters. The monoisotopic (exact) mass is 451 g/mol. The Morgan fingerprint density at radius 2 is 1.94 bits per heavy atom. The van der Waals surface area contributed by atoms with Crippen LogP contribution in [0.1, 0.15) is 12.8 Å². The van der Waals surface area contributed by atoms with Crippen LogP contribution < -0.4 is 19.7 Å². The molecule has 1 fully saturated rings. The second-order valence-electron chi connectivity index (χ2n) is 7.25. The summed E-state index contributed by atoms with van der Waals surface area (Å²) in [6, 6.07) is 11.0. The lowest BCUT2D eigenvalue weighted by atomic mass is 10.1. The van der Waals surface area contributed by atoms with Crippen molar-refractivity contribution in [2.75, 3.05) is 24.8 Å². The molecule has 4 heterocycles. The number of piperidine rings is 1. The molecule has 2 aliphatic rings. The molecule has 3 aromatic rings. The van der Waals surface area contributed by atoms with Crippen molar-refractivity contribution >= 4 is 34.8 Å². The first kappa shape index (κ1) is 20.3. The van der Waals surface area contributed by atoms with E-state index in [0.29, 0.717) is 41.3 Å². The van der Waals surface area contributed by atoms with Gasteiger partial charge in [-0.05, 0) is 37.1 Å². The van der Waals surface area contributed by atoms with Crippen molar-refractivity contribution in [2.45, 2.75) is 23.1 Å². The predicted molar refractivity (Wildman–Crippen MR) is 118 cm³/mol. The first-order valence-electron chi connectivity index (χ1n) is 10.1. The number of hydrogen-bond acceptors (Lipinski definition) is 9. The lowest BCUT2D eigenvalue weighted by molar-refractivity contribution is -0.383. The van der Waals surface area contributed by atoms with Gasteiger partial charge in [-0.2, -0.15) is 0 Å². The number of nitro groups is 1. The second kappa shape index (κ2) is 8.87. The van der Waals surface area contributed by atoms with E-state index in [4.69, 9.17) is 9.47 Å². The van der Waals surface area contributed by atoms with Crippen LogP contribution in [-0.4, -0.2) is 45.0 Å². The zero-order chi connectivity index (χ0) is 21.9. The number of fused-ring (bicyclic) bond motifs is 1. The van der Waals surface area contributed by atoms with Crippen molar-refractivity contribution in [3.63, 3.8) is 0 Å². The number of pyridine rings is 1. The fraction of sp³-hybridized carbons (Fsp3) is 0.286. The van der Waals surface area contributed by atoms with Crippen LogP contribution in [-0.2, 0) is 0 Å². The maximum atomic E-state index is 12.0. The minimum absolute atomic E-state index is 0.0175. The van der Waals surface area contributed by atoms with Crippen molar-refractivity contribution in [1.82, 2.24) is 20.3 Å². The van der Waals surface area contributed by atoms with Crippen molar-refractivity contribution in [3.8, 4) is 11.5 Å². The lowest BCUT2D eigenvalue weighted by Crippen LogP contribution is -2.35. The third-order valence-corrected chi connectivity index (χ3v) is 6.51. The Morgan fingerprint density at radius 3 is 2.72 bits per heavy atom. The molecule has 0 bridgehead atoms. The zero-order valence-electron chi connectivity index (χ0n) is 17.0. The normalized spacial score (nSPS) is 15.6. The zero-order valence-corrected chi connectivity index (χ0v) is 17.8. The van der Waals surface area contributed by atoms with E-state index in [9.17, 15) is 10.1 Å². The number of anilines is 1. The predicted octanol–water partition coefficient (Wildman–Crippen LogP) is 3.84. The molecule has 1 radical (unpaired) electrons. The van der Waals surface area contributed by atoms with E-state index in [1.54, 1.807) is 36.2 Å². The van der Waals surface area contributed by atoms with E-state index in [1.165, 1.54) is 6.33 Å². The average Bonchev–Trinajstić information content (AvgIpc) is 3.28. The summed E-state index contributed by atoms with van der Waals surface area (Å²) in [5, 5.41) is 17.7. The molecule has 2 aliphatic heterocycles. The molecule has 0 amide bonds. The molecular weight excluding hydrogens is 432 g/mol. The smallest absolute Gasteiger partial charge is 0.355 e. The fourth-order valence-corrected chi connectivity index (χ4v) is 4.75. The van der Waals surface area contributed by atoms with Crippen LogP contribution >= 0.6 is 11.8 Å². The van der Waals surface area contributed by atoms with E-state index in [-0.39, 0.29) is 18.3 Å². The molecule has 1 saturated heterocycles. The number of hydrogen-bond donors (Lipinski definition) is 0. The Balaban J connectivity index is 1.33. The fourth-order valence-electron chi connectivity index (χ4n) is 3.69. The summed E-state index contributed by atoms with van der Waals surface area (Å²) >= 11 is 1.74. The Kier molecular flexibility index (Phi) is 5.63. The van der Waals surface area contributed by atoms with Crippen LogP contribution in [0.25, 0.3) is 0 Å². The first-order chi connectivity index (χ1) is 15.7. The first-order valence-corrected chi connectivity index (χ1v) is 11.0. The summed E-state index contributed by atoms with van der Waals surface area (Å²) in [5.41, 5.74) is 0.300. The van der Waals surface area contributed by atoms with Crippen molar-refractivity contribution < 1.29 is 14.4 Å². The summed E-state index contributed by atoms with van der Waals surface area (Å²) in [6.07, 6.45) is 4.85. The molecule has 2 aromatic heterocycles. The average molecular weight is 451 g/mol. The van der Waals surface area contributed by atoms with Gasteiger partial charge >= 0.3 is 5.69 Å². The molecule has 0 N–H and O–H groups in total. The number of thioether (sulfide) groups is 1. The summed E-state index contributed by atoms with van der Waals surface area (Å²) in [7, 11) is 0. The van der Waals surface area contributed by atoms with Gasteiger partial charge in [0, 0.05) is 30.6 Å². The van der Waals surface area contributed by atoms with Crippen LogP contribution in [0.4, 0.5) is 23.0 Å². The number of aromatic nitrogens is 3. The molecule has 0 atom stereocenters. The van der Waals surface area contributed by atoms with Gasteiger partial charge in [0.25, 0.3) is 0 Å². The third kappa shape index (κ3) is 4.24. The van der Waals surface area contributed by atoms with Crippen LogP contribution in [0, 0.1) is 10.1 Å². The molecule has 10 nitrogen and oxygen atoms in total. The summed E-state index contributed by atoms with van der Waals surface area (Å²) in [6.45, 7) is 1.46. The van der Waals surface area contributed by atoms with Crippen molar-refractivity contribution in [2.24, 2.45) is 0 Å². The quantitative estimate of drug-likeness (QED) is 0.407. The van der Waals surface area contributed by atoms with Gasteiger partial charge in [0.05, 0.1) is 15.6 Å². The minimum Gasteiger partial charge on any atom is -0.454 e. The maximum Gasteiger partial charge on any atom is 0.355 e. The SMILES string of the molecule is O=[N+]([O-])c1c([N]c2ccc3c(c2)OCO3)ncnc1N1CCC(Sc2ccccn2)CC1. The molecule has 1 aromatic carbocycles. The minimum atomic E-state index is -0.462. The molecule has 11 heteroatoms. The highest BCUT2D eigenvalue weighted by Gasteiger charge is 2.31. The van der Waals surface area contributed by atoms with E-state index < -0.39 is 4.92 Å². The molecule has 32 heavy (non-hydrogen) atoms. The van der Waals surface area contributed by atoms with Gasteiger partial charge in [0.1, 0.15) is 6.33 Å². The van der Waals surface area contributed by atoms with Gasteiger partial charge in [-0.1, -0.05) is 6.07 Å². The van der Waals surface area contributed by atoms with Crippen LogP contribution in [0.5, 0.6) is 11.5 Å². The van der Waals surface area contributed by atoms with Gasteiger partial charge < -0.3 is 14.4 Å². The lowest BCUT2D eigenvalue weighted by Gasteiger charge is -2.31. The Bertz CT molecular complexity index is 1120. The van der Waals surface area contributed by atoms with Gasteiger partial charge in [-0.3, -0.25) is 10.1 Å². The van der Waals surface area contributed by atoms with E-state index in [2.05, 4.69) is 20.3 Å². The Morgan fingerprint density at radius 1 is 1.09 bits per heavy atom. The number of rotatable bonds is 6. The molecule has 5 rings (SSSR count). The molecule has 163 valence electrons. The van der Waals surface area contributed by atoms with Crippen LogP contribution in [0.3, 0.4) is 0 Å². The molecule has 0 spiro atoms. The highest BCUT2D eigenvalue weighted by molar-refractivity contribution is 7.99. The Hall–Kier alpha value is -3.60. The summed E-state index contributed by atoms with van der Waals surface area (Å²) in [4.78, 5) is 26.1. The van der Waals surface area contributed by atoms with Crippen LogP contribution in [0.2, 0.25) is 0 Å². The second-order valence-corrected chi connectivity index (χ2v) is 8.57. The summed E-state index contributed by atoms with van der Waals surface area (Å²) < 4.78 is 10.7. The maximum absolute atomic E-state index is 12.0. The molecule has 0 aliphatic carbocycles. The van der Waals surface area contributed by atoms with E-state index >= 15 is 0 Å². The number of ether oxygens (including phenoxy) is 2. The highest BCUT2D eigenvalue weighted by Crippen LogP contribution is 2.39. The third-order valence-electron chi connectivity index (χ3n) is 5.22. The number of nitrogens with zero attached hydrogens (tertiary/aromatic N) is 6. The van der Waals surface area contributed by atoms with Gasteiger partial charge in [0.2, 0.25) is 18.4 Å². The summed E-state index contributed by atoms with van der Waals surface area (Å²) in [5.74, 6) is 1.48. The standard InChI is InChI=1S/C21H19N6O4S/c28-27(29)19-20(25-14-4-5-16-17(11-14)31-13-30-16)23-12-24-21(19)26-9-6-15(7-10-26)32-18-3-1-2-8-22-18/h1-5,8,11-12,15H,6-7,9-10,13H2. The molecular formula is C21H19N6O4S. The van der Waals surface area contributed by atoms with Crippen molar-refractivity contribution in [1.29, 1.82) is 0 Å². The van der Waals surface area contributed by atoms with Gasteiger partial charge in [-0.15, -0.1) is 11.8 Å². The highest BCUT2D eigenvalue weighted by atomic mass is 32.2. The van der Waals surface area contributed by atoms with E-state index in [1.807, 2.05) is 23.1 Å². The van der Waals surface area contributed by atoms with Crippen molar-refractivity contribution in [3.05, 3.63) is 59.0 Å². The largest absolute Gasteiger partial charge is 0.454 e. The topological polar surface area (TPSA) is 118 Å².